The van der Waals surface area contributed by atoms with Gasteiger partial charge in [-0.15, -0.1) is 0 Å². The number of hydrogen-bond donors (Lipinski definition) is 1. The van der Waals surface area contributed by atoms with E-state index in [2.05, 4.69) is 15.9 Å². The molecule has 1 aliphatic rings. The zero-order valence-electron chi connectivity index (χ0n) is 11.7. The number of anilines is 2. The highest BCUT2D eigenvalue weighted by Crippen LogP contribution is 2.52. The van der Waals surface area contributed by atoms with E-state index >= 15 is 0 Å². The topological polar surface area (TPSA) is 57.6 Å². The Bertz CT molecular complexity index is 823. The molecule has 1 N–H and O–H groups in total. The average Bonchev–Trinajstić information content (AvgIpc) is 2.46. The summed E-state index contributed by atoms with van der Waals surface area (Å²) in [7, 11) is -4.22. The summed E-state index contributed by atoms with van der Waals surface area (Å²) in [6.07, 6.45) is 0.276. The summed E-state index contributed by atoms with van der Waals surface area (Å²) in [4.78, 5) is 3.63. The van der Waals surface area contributed by atoms with Gasteiger partial charge in [-0.25, -0.2) is 0 Å². The molecule has 0 bridgehead atoms. The summed E-state index contributed by atoms with van der Waals surface area (Å²) < 4.78 is 34.2. The van der Waals surface area contributed by atoms with E-state index in [4.69, 9.17) is 0 Å². The van der Waals surface area contributed by atoms with Gasteiger partial charge >= 0.3 is 0 Å². The molecule has 3 rings (SSSR count). The van der Waals surface area contributed by atoms with Crippen molar-refractivity contribution in [3.63, 3.8) is 0 Å². The number of fused-ring (bicyclic) bond motifs is 2. The number of nitrogens with zero attached hydrogens (tertiary/aromatic N) is 1. The molecular formula is C15H14BrNO3S2. The van der Waals surface area contributed by atoms with Crippen molar-refractivity contribution in [1.29, 1.82) is 0 Å². The van der Waals surface area contributed by atoms with Crippen molar-refractivity contribution < 1.29 is 13.0 Å². The maximum atomic E-state index is 11.9. The summed E-state index contributed by atoms with van der Waals surface area (Å²) in [5.74, 6) is 0. The van der Waals surface area contributed by atoms with E-state index in [-0.39, 0.29) is 6.42 Å². The largest absolute Gasteiger partial charge is 0.319 e. The fourth-order valence-electron chi connectivity index (χ4n) is 2.62. The van der Waals surface area contributed by atoms with Crippen molar-refractivity contribution in [1.82, 2.24) is 0 Å². The van der Waals surface area contributed by atoms with Crippen molar-refractivity contribution in [2.24, 2.45) is 0 Å². The molecule has 0 fully saturated rings. The van der Waals surface area contributed by atoms with Crippen LogP contribution in [0.1, 0.15) is 13.3 Å². The second kappa shape index (κ2) is 5.88. The van der Waals surface area contributed by atoms with Gasteiger partial charge in [0.15, 0.2) is 5.37 Å². The third-order valence-electron chi connectivity index (χ3n) is 3.52. The van der Waals surface area contributed by atoms with Crippen LogP contribution < -0.4 is 4.90 Å². The number of halogens is 1. The van der Waals surface area contributed by atoms with Crippen molar-refractivity contribution in [3.8, 4) is 0 Å². The molecule has 1 atom stereocenters. The van der Waals surface area contributed by atoms with E-state index in [1.165, 1.54) is 0 Å². The monoisotopic (exact) mass is 399 g/mol. The van der Waals surface area contributed by atoms with Gasteiger partial charge in [0, 0.05) is 14.3 Å². The van der Waals surface area contributed by atoms with Gasteiger partial charge in [-0.2, -0.15) is 8.42 Å². The quantitative estimate of drug-likeness (QED) is 0.759. The van der Waals surface area contributed by atoms with E-state index in [1.807, 2.05) is 42.5 Å². The average molecular weight is 400 g/mol. The van der Waals surface area contributed by atoms with Crippen molar-refractivity contribution >= 4 is 49.2 Å². The minimum absolute atomic E-state index is 0.276. The van der Waals surface area contributed by atoms with Crippen LogP contribution in [0.2, 0.25) is 0 Å². The highest BCUT2D eigenvalue weighted by atomic mass is 79.9. The van der Waals surface area contributed by atoms with Gasteiger partial charge < -0.3 is 4.90 Å². The molecule has 2 aromatic carbocycles. The van der Waals surface area contributed by atoms with Gasteiger partial charge in [-0.05, 0) is 46.6 Å². The zero-order chi connectivity index (χ0) is 15.9. The van der Waals surface area contributed by atoms with E-state index in [1.54, 1.807) is 23.6 Å². The third kappa shape index (κ3) is 2.67. The van der Waals surface area contributed by atoms with Gasteiger partial charge in [-0.3, -0.25) is 4.55 Å². The Morgan fingerprint density at radius 3 is 2.55 bits per heavy atom. The Hall–Kier alpha value is -1.02. The number of para-hydroxylation sites is 2. The predicted octanol–water partition coefficient (Wildman–Crippen LogP) is 4.68. The van der Waals surface area contributed by atoms with Crippen LogP contribution >= 0.6 is 27.7 Å². The fraction of sp³-hybridized carbons (Fsp3) is 0.200. The number of benzene rings is 2. The first-order chi connectivity index (χ1) is 10.4. The molecule has 1 heterocycles. The second-order valence-electron chi connectivity index (χ2n) is 4.90. The van der Waals surface area contributed by atoms with E-state index < -0.39 is 15.5 Å². The molecule has 0 aliphatic carbocycles. The maximum Gasteiger partial charge on any atom is 0.286 e. The van der Waals surface area contributed by atoms with Gasteiger partial charge in [0.25, 0.3) is 10.1 Å². The molecule has 2 aromatic rings. The summed E-state index contributed by atoms with van der Waals surface area (Å²) in [6.45, 7) is 1.75. The smallest absolute Gasteiger partial charge is 0.286 e. The summed E-state index contributed by atoms with van der Waals surface area (Å²) in [5.41, 5.74) is 1.56. The normalized spacial score (nSPS) is 15.1. The van der Waals surface area contributed by atoms with Crippen LogP contribution in [0.3, 0.4) is 0 Å². The first kappa shape index (κ1) is 15.9. The minimum Gasteiger partial charge on any atom is -0.319 e. The van der Waals surface area contributed by atoms with Gasteiger partial charge in [0.2, 0.25) is 0 Å². The van der Waals surface area contributed by atoms with E-state index in [0.717, 1.165) is 25.6 Å². The van der Waals surface area contributed by atoms with Crippen LogP contribution in [0.5, 0.6) is 0 Å². The van der Waals surface area contributed by atoms with Crippen molar-refractivity contribution in [2.45, 2.75) is 28.5 Å². The molecule has 0 radical (unpaired) electrons. The molecule has 22 heavy (non-hydrogen) atoms. The second-order valence-corrected chi connectivity index (χ2v) is 8.42. The molecule has 1 unspecified atom stereocenters. The third-order valence-corrected chi connectivity index (χ3v) is 6.50. The first-order valence-electron chi connectivity index (χ1n) is 6.74. The molecule has 0 amide bonds. The lowest BCUT2D eigenvalue weighted by atomic mass is 10.2. The standard InChI is InChI=1S/C15H14BrNO3S2/c1-2-14(22(18,19)20)17-11-7-3-4-8-12(11)21-13-9-5-6-10(16)15(13)17/h3-9,14H,2H2,1H3,(H,18,19,20). The minimum atomic E-state index is -4.22. The Balaban J connectivity index is 2.29. The molecule has 0 aromatic heterocycles. The van der Waals surface area contributed by atoms with Crippen molar-refractivity contribution in [3.05, 3.63) is 46.9 Å². The van der Waals surface area contributed by atoms with Crippen LogP contribution in [0.4, 0.5) is 11.4 Å². The molecule has 1 aliphatic heterocycles. The van der Waals surface area contributed by atoms with Crippen molar-refractivity contribution in [2.75, 3.05) is 4.90 Å². The lowest BCUT2D eigenvalue weighted by molar-refractivity contribution is 0.464. The Labute approximate surface area is 142 Å². The van der Waals surface area contributed by atoms with Gasteiger partial charge in [0.05, 0.1) is 11.4 Å². The highest BCUT2D eigenvalue weighted by molar-refractivity contribution is 9.10. The van der Waals surface area contributed by atoms with Gasteiger partial charge in [0.1, 0.15) is 0 Å². The summed E-state index contributed by atoms with van der Waals surface area (Å²) in [5, 5.41) is -1.02. The molecule has 0 saturated heterocycles. The summed E-state index contributed by atoms with van der Waals surface area (Å²) >= 11 is 5.10. The highest BCUT2D eigenvalue weighted by Gasteiger charge is 2.36. The molecular weight excluding hydrogens is 386 g/mol. The Kier molecular flexibility index (Phi) is 4.24. The summed E-state index contributed by atoms with van der Waals surface area (Å²) in [6, 6.07) is 13.3. The Morgan fingerprint density at radius 1 is 1.18 bits per heavy atom. The van der Waals surface area contributed by atoms with E-state index in [0.29, 0.717) is 0 Å². The predicted molar refractivity (Wildman–Crippen MR) is 92.5 cm³/mol. The number of hydrogen-bond acceptors (Lipinski definition) is 4. The molecule has 0 saturated carbocycles. The van der Waals surface area contributed by atoms with Gasteiger partial charge in [-0.1, -0.05) is 36.9 Å². The Morgan fingerprint density at radius 2 is 1.86 bits per heavy atom. The zero-order valence-corrected chi connectivity index (χ0v) is 15.0. The fourth-order valence-corrected chi connectivity index (χ4v) is 5.32. The number of rotatable bonds is 3. The van der Waals surface area contributed by atoms with Crippen LogP contribution in [-0.2, 0) is 10.1 Å². The lowest BCUT2D eigenvalue weighted by Crippen LogP contribution is -2.39. The molecule has 116 valence electrons. The van der Waals surface area contributed by atoms with Crippen LogP contribution in [0.25, 0.3) is 0 Å². The maximum absolute atomic E-state index is 11.9. The van der Waals surface area contributed by atoms with Crippen LogP contribution in [0, 0.1) is 0 Å². The van der Waals surface area contributed by atoms with Crippen LogP contribution in [-0.4, -0.2) is 18.3 Å². The van der Waals surface area contributed by atoms with E-state index in [9.17, 15) is 13.0 Å². The molecule has 4 nitrogen and oxygen atoms in total. The first-order valence-corrected chi connectivity index (χ1v) is 9.85. The molecule has 0 spiro atoms. The molecule has 7 heteroatoms. The lowest BCUT2D eigenvalue weighted by Gasteiger charge is -2.37. The van der Waals surface area contributed by atoms with Crippen LogP contribution in [0.15, 0.2) is 56.7 Å². The SMILES string of the molecule is CCC(N1c2ccccc2Sc2cccc(Br)c21)S(=O)(=O)O.